The maximum absolute atomic E-state index is 12.0. The van der Waals surface area contributed by atoms with Gasteiger partial charge in [0.15, 0.2) is 0 Å². The molecule has 6 heteroatoms. The van der Waals surface area contributed by atoms with Gasteiger partial charge in [-0.05, 0) is 27.2 Å². The van der Waals surface area contributed by atoms with Crippen LogP contribution < -0.4 is 5.32 Å². The predicted octanol–water partition coefficient (Wildman–Crippen LogP) is 2.78. The van der Waals surface area contributed by atoms with E-state index >= 15 is 0 Å². The van der Waals surface area contributed by atoms with Crippen LogP contribution in [-0.2, 0) is 9.47 Å². The van der Waals surface area contributed by atoms with E-state index in [9.17, 15) is 4.79 Å². The molecule has 1 aliphatic heterocycles. The molecule has 2 atom stereocenters. The van der Waals surface area contributed by atoms with Crippen molar-refractivity contribution in [3.05, 3.63) is 0 Å². The molecule has 0 aliphatic carbocycles. The van der Waals surface area contributed by atoms with Crippen LogP contribution in [0.1, 0.15) is 40.5 Å². The van der Waals surface area contributed by atoms with Crippen molar-refractivity contribution in [1.82, 2.24) is 10.2 Å². The fourth-order valence-electron chi connectivity index (χ4n) is 2.27. The molecule has 1 amide bonds. The lowest BCUT2D eigenvalue weighted by Gasteiger charge is -2.32. The number of rotatable bonds is 6. The first-order chi connectivity index (χ1) is 9.81. The summed E-state index contributed by atoms with van der Waals surface area (Å²) in [4.78, 5) is 14.5. The standard InChI is InChI=1S/C15H29BrN2O3/c1-5-6-13(17-14(19)21-15(2,3)4)12(16)11-18-7-9-20-10-8-18/h12-13H,5-11H2,1-4H3,(H,17,19)/t12-,13+/m0/s1. The Bertz CT molecular complexity index is 315. The lowest BCUT2D eigenvalue weighted by atomic mass is 10.1. The number of hydrogen-bond acceptors (Lipinski definition) is 4. The van der Waals surface area contributed by atoms with Crippen LogP contribution in [0.4, 0.5) is 4.79 Å². The summed E-state index contributed by atoms with van der Waals surface area (Å²) < 4.78 is 10.7. The molecule has 21 heavy (non-hydrogen) atoms. The molecule has 124 valence electrons. The van der Waals surface area contributed by atoms with Gasteiger partial charge in [0.1, 0.15) is 5.60 Å². The number of carbonyl (C=O) groups excluding carboxylic acids is 1. The molecule has 0 bridgehead atoms. The van der Waals surface area contributed by atoms with Crippen LogP contribution in [0.3, 0.4) is 0 Å². The molecule has 0 spiro atoms. The van der Waals surface area contributed by atoms with E-state index < -0.39 is 5.60 Å². The molecule has 1 heterocycles. The van der Waals surface area contributed by atoms with Gasteiger partial charge in [-0.25, -0.2) is 4.79 Å². The van der Waals surface area contributed by atoms with Crippen LogP contribution in [0.2, 0.25) is 0 Å². The maximum Gasteiger partial charge on any atom is 0.407 e. The number of alkyl halides is 1. The van der Waals surface area contributed by atoms with Gasteiger partial charge in [-0.1, -0.05) is 29.3 Å². The van der Waals surface area contributed by atoms with Crippen LogP contribution in [0.5, 0.6) is 0 Å². The number of alkyl carbamates (subject to hydrolysis) is 1. The van der Waals surface area contributed by atoms with Crippen molar-refractivity contribution < 1.29 is 14.3 Å². The number of nitrogens with zero attached hydrogens (tertiary/aromatic N) is 1. The van der Waals surface area contributed by atoms with Crippen molar-refractivity contribution in [3.63, 3.8) is 0 Å². The third-order valence-electron chi connectivity index (χ3n) is 3.27. The van der Waals surface area contributed by atoms with E-state index in [4.69, 9.17) is 9.47 Å². The first-order valence-corrected chi connectivity index (χ1v) is 8.67. The van der Waals surface area contributed by atoms with Gasteiger partial charge in [0.05, 0.1) is 13.2 Å². The first kappa shape index (κ1) is 18.7. The van der Waals surface area contributed by atoms with Crippen molar-refractivity contribution in [2.45, 2.75) is 57.0 Å². The Labute approximate surface area is 136 Å². The summed E-state index contributed by atoms with van der Waals surface area (Å²) >= 11 is 3.74. The summed E-state index contributed by atoms with van der Waals surface area (Å²) in [5.41, 5.74) is -0.465. The van der Waals surface area contributed by atoms with Gasteiger partial charge in [0.2, 0.25) is 0 Å². The number of hydrogen-bond donors (Lipinski definition) is 1. The van der Waals surface area contributed by atoms with E-state index in [0.717, 1.165) is 45.7 Å². The van der Waals surface area contributed by atoms with Crippen molar-refractivity contribution in [3.8, 4) is 0 Å². The Morgan fingerprint density at radius 1 is 1.38 bits per heavy atom. The largest absolute Gasteiger partial charge is 0.444 e. The molecule has 0 aromatic rings. The van der Waals surface area contributed by atoms with Crippen LogP contribution in [-0.4, -0.2) is 60.3 Å². The first-order valence-electron chi connectivity index (χ1n) is 7.75. The molecular formula is C15H29BrN2O3. The molecule has 0 unspecified atom stereocenters. The number of halogens is 1. The minimum absolute atomic E-state index is 0.0766. The molecule has 1 N–H and O–H groups in total. The highest BCUT2D eigenvalue weighted by molar-refractivity contribution is 9.09. The van der Waals surface area contributed by atoms with Crippen LogP contribution in [0, 0.1) is 0 Å². The molecule has 0 radical (unpaired) electrons. The van der Waals surface area contributed by atoms with Crippen molar-refractivity contribution >= 4 is 22.0 Å². The Balaban J connectivity index is 2.48. The molecular weight excluding hydrogens is 336 g/mol. The molecule has 1 aliphatic rings. The number of morpholine rings is 1. The molecule has 1 fully saturated rings. The van der Waals surface area contributed by atoms with E-state index in [-0.39, 0.29) is 17.0 Å². The molecule has 1 saturated heterocycles. The average molecular weight is 365 g/mol. The second kappa shape index (κ2) is 8.96. The quantitative estimate of drug-likeness (QED) is 0.736. The normalized spacial score (nSPS) is 19.9. The summed E-state index contributed by atoms with van der Waals surface area (Å²) in [5.74, 6) is 0. The minimum atomic E-state index is -0.465. The Kier molecular flexibility index (Phi) is 7.98. The van der Waals surface area contributed by atoms with Gasteiger partial charge in [0, 0.05) is 30.5 Å². The van der Waals surface area contributed by atoms with Crippen molar-refractivity contribution in [2.24, 2.45) is 0 Å². The van der Waals surface area contributed by atoms with Crippen LogP contribution >= 0.6 is 15.9 Å². The van der Waals surface area contributed by atoms with Gasteiger partial charge >= 0.3 is 6.09 Å². The van der Waals surface area contributed by atoms with Gasteiger partial charge in [-0.15, -0.1) is 0 Å². The van der Waals surface area contributed by atoms with E-state index in [1.807, 2.05) is 20.8 Å². The van der Waals surface area contributed by atoms with E-state index in [2.05, 4.69) is 33.1 Å². The van der Waals surface area contributed by atoms with E-state index in [1.165, 1.54) is 0 Å². The number of carbonyl (C=O) groups is 1. The highest BCUT2D eigenvalue weighted by Crippen LogP contribution is 2.15. The summed E-state index contributed by atoms with van der Waals surface area (Å²) in [7, 11) is 0. The molecule has 5 nitrogen and oxygen atoms in total. The average Bonchev–Trinajstić information content (AvgIpc) is 2.37. The summed E-state index contributed by atoms with van der Waals surface area (Å²) in [6.07, 6.45) is 1.61. The summed E-state index contributed by atoms with van der Waals surface area (Å²) in [6.45, 7) is 12.1. The van der Waals surface area contributed by atoms with E-state index in [1.54, 1.807) is 0 Å². The zero-order valence-corrected chi connectivity index (χ0v) is 15.2. The second-order valence-electron chi connectivity index (χ2n) is 6.47. The smallest absolute Gasteiger partial charge is 0.407 e. The Morgan fingerprint density at radius 3 is 2.52 bits per heavy atom. The number of amides is 1. The van der Waals surface area contributed by atoms with Gasteiger partial charge in [0.25, 0.3) is 0 Å². The summed E-state index contributed by atoms with van der Waals surface area (Å²) in [6, 6.07) is 0.0766. The lowest BCUT2D eigenvalue weighted by Crippen LogP contribution is -2.48. The lowest BCUT2D eigenvalue weighted by molar-refractivity contribution is 0.0351. The SMILES string of the molecule is CCC[C@@H](NC(=O)OC(C)(C)C)[C@@H](Br)CN1CCOCC1. The maximum atomic E-state index is 12.0. The topological polar surface area (TPSA) is 50.8 Å². The van der Waals surface area contributed by atoms with Crippen molar-refractivity contribution in [1.29, 1.82) is 0 Å². The zero-order chi connectivity index (χ0) is 15.9. The Hall–Kier alpha value is -0.330. The molecule has 0 aromatic carbocycles. The minimum Gasteiger partial charge on any atom is -0.444 e. The fourth-order valence-corrected chi connectivity index (χ4v) is 3.08. The highest BCUT2D eigenvalue weighted by atomic mass is 79.9. The fraction of sp³-hybridized carbons (Fsp3) is 0.933. The van der Waals surface area contributed by atoms with Crippen LogP contribution in [0.15, 0.2) is 0 Å². The van der Waals surface area contributed by atoms with Gasteiger partial charge in [-0.2, -0.15) is 0 Å². The third-order valence-corrected chi connectivity index (χ3v) is 4.20. The summed E-state index contributed by atoms with van der Waals surface area (Å²) in [5, 5.41) is 3.00. The highest BCUT2D eigenvalue weighted by Gasteiger charge is 2.25. The van der Waals surface area contributed by atoms with Crippen LogP contribution in [0.25, 0.3) is 0 Å². The predicted molar refractivity (Wildman–Crippen MR) is 88.0 cm³/mol. The molecule has 0 aromatic heterocycles. The van der Waals surface area contributed by atoms with Crippen molar-refractivity contribution in [2.75, 3.05) is 32.8 Å². The zero-order valence-electron chi connectivity index (χ0n) is 13.7. The van der Waals surface area contributed by atoms with Gasteiger partial charge < -0.3 is 14.8 Å². The van der Waals surface area contributed by atoms with Gasteiger partial charge in [-0.3, -0.25) is 4.90 Å². The molecule has 0 saturated carbocycles. The monoisotopic (exact) mass is 364 g/mol. The Morgan fingerprint density at radius 2 is 2.00 bits per heavy atom. The second-order valence-corrected chi connectivity index (χ2v) is 7.65. The third kappa shape index (κ3) is 8.02. The number of nitrogens with one attached hydrogen (secondary N) is 1. The van der Waals surface area contributed by atoms with E-state index in [0.29, 0.717) is 0 Å². The number of ether oxygens (including phenoxy) is 2. The molecule has 1 rings (SSSR count).